The zero-order chi connectivity index (χ0) is 17.9. The Kier molecular flexibility index (Phi) is 4.88. The molecule has 1 saturated heterocycles. The maximum Gasteiger partial charge on any atom is 0.229 e. The van der Waals surface area contributed by atoms with Gasteiger partial charge in [0.2, 0.25) is 5.95 Å². The van der Waals surface area contributed by atoms with E-state index in [9.17, 15) is 0 Å². The highest BCUT2D eigenvalue weighted by molar-refractivity contribution is 5.76. The number of hydrogen-bond donors (Lipinski definition) is 1. The molecule has 0 aromatic carbocycles. The van der Waals surface area contributed by atoms with Crippen LogP contribution in [0.2, 0.25) is 0 Å². The van der Waals surface area contributed by atoms with Crippen LogP contribution in [-0.2, 0) is 11.3 Å². The first-order chi connectivity index (χ1) is 12.8. The molecular formula is C19H26N6O. The Balaban J connectivity index is 1.53. The Morgan fingerprint density at radius 2 is 2.19 bits per heavy atom. The highest BCUT2D eigenvalue weighted by Gasteiger charge is 2.18. The summed E-state index contributed by atoms with van der Waals surface area (Å²) >= 11 is 0. The van der Waals surface area contributed by atoms with Crippen LogP contribution < -0.4 is 5.32 Å². The van der Waals surface area contributed by atoms with E-state index < -0.39 is 0 Å². The number of hydrogen-bond acceptors (Lipinski definition) is 5. The average molecular weight is 354 g/mol. The van der Waals surface area contributed by atoms with Crippen LogP contribution in [-0.4, -0.2) is 37.5 Å². The number of rotatable bonds is 7. The second kappa shape index (κ2) is 7.45. The quantitative estimate of drug-likeness (QED) is 0.699. The second-order valence-electron chi connectivity index (χ2n) is 6.97. The SMILES string of the molecule is CCC(CC)Cn1ccc2cnc(Nc3cnn(C4CCOC4)c3)nc21. The molecule has 1 unspecified atom stereocenters. The van der Waals surface area contributed by atoms with E-state index in [1.807, 2.05) is 23.3 Å². The first kappa shape index (κ1) is 17.0. The summed E-state index contributed by atoms with van der Waals surface area (Å²) in [6, 6.07) is 2.41. The minimum absolute atomic E-state index is 0.325. The number of nitrogens with one attached hydrogen (secondary N) is 1. The molecule has 0 spiro atoms. The lowest BCUT2D eigenvalue weighted by atomic mass is 10.0. The van der Waals surface area contributed by atoms with Gasteiger partial charge in [0.1, 0.15) is 5.65 Å². The van der Waals surface area contributed by atoms with Gasteiger partial charge in [0.25, 0.3) is 0 Å². The molecule has 4 rings (SSSR count). The van der Waals surface area contributed by atoms with E-state index in [1.165, 1.54) is 12.8 Å². The van der Waals surface area contributed by atoms with E-state index in [0.29, 0.717) is 17.9 Å². The molecule has 26 heavy (non-hydrogen) atoms. The van der Waals surface area contributed by atoms with Gasteiger partial charge in [-0.25, -0.2) is 4.98 Å². The van der Waals surface area contributed by atoms with Gasteiger partial charge in [-0.3, -0.25) is 4.68 Å². The van der Waals surface area contributed by atoms with Crippen LogP contribution in [0.5, 0.6) is 0 Å². The van der Waals surface area contributed by atoms with Crippen molar-refractivity contribution in [2.75, 3.05) is 18.5 Å². The van der Waals surface area contributed by atoms with E-state index in [-0.39, 0.29) is 0 Å². The van der Waals surface area contributed by atoms with Crippen molar-refractivity contribution in [3.05, 3.63) is 30.9 Å². The molecule has 1 atom stereocenters. The maximum absolute atomic E-state index is 5.43. The molecule has 0 radical (unpaired) electrons. The Morgan fingerprint density at radius 3 is 2.96 bits per heavy atom. The molecule has 7 heteroatoms. The van der Waals surface area contributed by atoms with Gasteiger partial charge in [0, 0.05) is 37.1 Å². The zero-order valence-electron chi connectivity index (χ0n) is 15.4. The van der Waals surface area contributed by atoms with E-state index in [4.69, 9.17) is 9.72 Å². The van der Waals surface area contributed by atoms with E-state index in [1.54, 1.807) is 0 Å². The van der Waals surface area contributed by atoms with E-state index in [0.717, 1.165) is 42.9 Å². The fraction of sp³-hybridized carbons (Fsp3) is 0.526. The highest BCUT2D eigenvalue weighted by atomic mass is 16.5. The molecule has 0 bridgehead atoms. The van der Waals surface area contributed by atoms with E-state index >= 15 is 0 Å². The summed E-state index contributed by atoms with van der Waals surface area (Å²) in [6.07, 6.45) is 11.2. The molecule has 4 heterocycles. The summed E-state index contributed by atoms with van der Waals surface area (Å²) in [5, 5.41) is 8.79. The first-order valence-corrected chi connectivity index (χ1v) is 9.47. The summed E-state index contributed by atoms with van der Waals surface area (Å²) in [6.45, 7) is 7.02. The Morgan fingerprint density at radius 1 is 1.31 bits per heavy atom. The van der Waals surface area contributed by atoms with Crippen molar-refractivity contribution in [2.45, 2.75) is 45.7 Å². The van der Waals surface area contributed by atoms with Crippen LogP contribution in [0.4, 0.5) is 11.6 Å². The van der Waals surface area contributed by atoms with Crippen LogP contribution in [0.1, 0.15) is 39.2 Å². The summed E-state index contributed by atoms with van der Waals surface area (Å²) < 4.78 is 9.63. The minimum Gasteiger partial charge on any atom is -0.379 e. The Hall–Kier alpha value is -2.41. The summed E-state index contributed by atoms with van der Waals surface area (Å²) in [5.41, 5.74) is 1.88. The number of ether oxygens (including phenoxy) is 1. The molecule has 0 saturated carbocycles. The van der Waals surface area contributed by atoms with Crippen LogP contribution >= 0.6 is 0 Å². The highest BCUT2D eigenvalue weighted by Crippen LogP contribution is 2.22. The smallest absolute Gasteiger partial charge is 0.229 e. The third-order valence-corrected chi connectivity index (χ3v) is 5.25. The molecule has 1 fully saturated rings. The third kappa shape index (κ3) is 3.44. The van der Waals surface area contributed by atoms with Crippen molar-refractivity contribution in [3.63, 3.8) is 0 Å². The number of anilines is 2. The van der Waals surface area contributed by atoms with Gasteiger partial charge in [0.15, 0.2) is 0 Å². The molecular weight excluding hydrogens is 328 g/mol. The standard InChI is InChI=1S/C19H26N6O/c1-3-14(4-2)11-24-7-5-15-9-20-19(23-18(15)24)22-16-10-21-25(12-16)17-6-8-26-13-17/h5,7,9-10,12,14,17H,3-4,6,8,11,13H2,1-2H3,(H,20,22,23). The lowest BCUT2D eigenvalue weighted by Crippen LogP contribution is -2.09. The van der Waals surface area contributed by atoms with Gasteiger partial charge in [-0.15, -0.1) is 0 Å². The lowest BCUT2D eigenvalue weighted by Gasteiger charge is -2.14. The third-order valence-electron chi connectivity index (χ3n) is 5.25. The van der Waals surface area contributed by atoms with Gasteiger partial charge < -0.3 is 14.6 Å². The molecule has 1 aliphatic heterocycles. The fourth-order valence-corrected chi connectivity index (χ4v) is 3.47. The molecule has 138 valence electrons. The largest absolute Gasteiger partial charge is 0.379 e. The van der Waals surface area contributed by atoms with Gasteiger partial charge in [0.05, 0.1) is 24.5 Å². The maximum atomic E-state index is 5.43. The van der Waals surface area contributed by atoms with E-state index in [2.05, 4.69) is 46.1 Å². The molecule has 1 N–H and O–H groups in total. The molecule has 1 aliphatic rings. The summed E-state index contributed by atoms with van der Waals surface area (Å²) in [7, 11) is 0. The second-order valence-corrected chi connectivity index (χ2v) is 6.97. The predicted octanol–water partition coefficient (Wildman–Crippen LogP) is 3.77. The Labute approximate surface area is 153 Å². The molecule has 0 aliphatic carbocycles. The molecule has 3 aromatic heterocycles. The molecule has 0 amide bonds. The monoisotopic (exact) mass is 354 g/mol. The number of aromatic nitrogens is 5. The average Bonchev–Trinajstić information content (AvgIpc) is 3.40. The van der Waals surface area contributed by atoms with Crippen LogP contribution in [0.3, 0.4) is 0 Å². The summed E-state index contributed by atoms with van der Waals surface area (Å²) in [4.78, 5) is 9.18. The minimum atomic E-state index is 0.325. The fourth-order valence-electron chi connectivity index (χ4n) is 3.47. The van der Waals surface area contributed by atoms with Gasteiger partial charge in [-0.1, -0.05) is 26.7 Å². The van der Waals surface area contributed by atoms with Gasteiger partial charge >= 0.3 is 0 Å². The molecule has 3 aromatic rings. The van der Waals surface area contributed by atoms with Gasteiger partial charge in [-0.05, 0) is 18.4 Å². The van der Waals surface area contributed by atoms with Crippen molar-refractivity contribution in [3.8, 4) is 0 Å². The van der Waals surface area contributed by atoms with Crippen molar-refractivity contribution in [2.24, 2.45) is 5.92 Å². The van der Waals surface area contributed by atoms with Crippen LogP contribution in [0, 0.1) is 5.92 Å². The van der Waals surface area contributed by atoms with Crippen molar-refractivity contribution in [1.82, 2.24) is 24.3 Å². The van der Waals surface area contributed by atoms with Crippen molar-refractivity contribution in [1.29, 1.82) is 0 Å². The summed E-state index contributed by atoms with van der Waals surface area (Å²) in [5.74, 6) is 1.27. The normalized spacial score (nSPS) is 17.4. The number of nitrogens with zero attached hydrogens (tertiary/aromatic N) is 5. The number of fused-ring (bicyclic) bond motifs is 1. The zero-order valence-corrected chi connectivity index (χ0v) is 15.4. The van der Waals surface area contributed by atoms with Crippen molar-refractivity contribution < 1.29 is 4.74 Å². The predicted molar refractivity (Wildman–Crippen MR) is 102 cm³/mol. The van der Waals surface area contributed by atoms with Crippen molar-refractivity contribution >= 4 is 22.7 Å². The first-order valence-electron chi connectivity index (χ1n) is 9.47. The lowest BCUT2D eigenvalue weighted by molar-refractivity contribution is 0.184. The Bertz CT molecular complexity index is 860. The molecule has 7 nitrogen and oxygen atoms in total. The topological polar surface area (TPSA) is 69.8 Å². The van der Waals surface area contributed by atoms with Crippen LogP contribution in [0.15, 0.2) is 30.9 Å². The van der Waals surface area contributed by atoms with Crippen LogP contribution in [0.25, 0.3) is 11.0 Å². The van der Waals surface area contributed by atoms with Gasteiger partial charge in [-0.2, -0.15) is 10.1 Å².